The van der Waals surface area contributed by atoms with Crippen molar-refractivity contribution in [2.75, 3.05) is 23.7 Å². The Morgan fingerprint density at radius 1 is 1.00 bits per heavy atom. The second-order valence-electron chi connectivity index (χ2n) is 11.2. The van der Waals surface area contributed by atoms with E-state index >= 15 is 0 Å². The predicted octanol–water partition coefficient (Wildman–Crippen LogP) is 4.80. The number of para-hydroxylation sites is 1. The van der Waals surface area contributed by atoms with Gasteiger partial charge in [-0.1, -0.05) is 18.2 Å². The Morgan fingerprint density at radius 3 is 2.50 bits per heavy atom. The topological polar surface area (TPSA) is 139 Å². The third-order valence-electron chi connectivity index (χ3n) is 6.98. The summed E-state index contributed by atoms with van der Waals surface area (Å²) in [6.07, 6.45) is 5.76. The average Bonchev–Trinajstić information content (AvgIpc) is 3.41. The Bertz CT molecular complexity index is 1570. The van der Waals surface area contributed by atoms with E-state index in [0.29, 0.717) is 33.7 Å². The molecule has 11 heteroatoms. The number of carbonyl (C=O) groups excluding carboxylic acids is 3. The summed E-state index contributed by atoms with van der Waals surface area (Å²) in [7, 11) is 0. The molecule has 0 aliphatic carbocycles. The molecule has 4 N–H and O–H groups in total. The molecule has 0 spiro atoms. The number of hydrogen-bond donors (Lipinski definition) is 4. The molecule has 2 aromatic carbocycles. The highest BCUT2D eigenvalue weighted by atomic mass is 16.6. The first-order valence-electron chi connectivity index (χ1n) is 14.0. The molecule has 4 aromatic rings. The van der Waals surface area contributed by atoms with Crippen LogP contribution in [0.4, 0.5) is 16.2 Å². The molecular weight excluding hydrogens is 534 g/mol. The van der Waals surface area contributed by atoms with E-state index in [2.05, 4.69) is 31.3 Å². The maximum atomic E-state index is 13.5. The van der Waals surface area contributed by atoms with Gasteiger partial charge in [-0.05, 0) is 94.6 Å². The fraction of sp³-hybridized carbons (Fsp3) is 0.323. The number of amides is 3. The molecule has 0 bridgehead atoms. The number of nitrogens with zero attached hydrogens (tertiary/aromatic N) is 3. The lowest BCUT2D eigenvalue weighted by Gasteiger charge is -2.33. The largest absolute Gasteiger partial charge is 0.444 e. The minimum atomic E-state index is -0.701. The molecule has 218 valence electrons. The number of rotatable bonds is 7. The third kappa shape index (κ3) is 6.92. The van der Waals surface area contributed by atoms with Crippen molar-refractivity contribution in [1.82, 2.24) is 25.2 Å². The number of piperidine rings is 1. The second-order valence-corrected chi connectivity index (χ2v) is 11.2. The SMILES string of the molecule is CC(C)(C)OC(=O)NC(c1cc(C(=O)Nc2ccccc2)ccc1NC(=O)c1cnn2cccnc12)C1CCNCC1. The lowest BCUT2D eigenvalue weighted by Crippen LogP contribution is -2.41. The number of carbonyl (C=O) groups is 3. The van der Waals surface area contributed by atoms with E-state index in [1.54, 1.807) is 69.6 Å². The van der Waals surface area contributed by atoms with Crippen molar-refractivity contribution in [3.8, 4) is 0 Å². The zero-order valence-electron chi connectivity index (χ0n) is 23.9. The van der Waals surface area contributed by atoms with Crippen LogP contribution in [0.5, 0.6) is 0 Å². The van der Waals surface area contributed by atoms with Gasteiger partial charge >= 0.3 is 6.09 Å². The maximum Gasteiger partial charge on any atom is 0.408 e. The highest BCUT2D eigenvalue weighted by Crippen LogP contribution is 2.35. The number of benzene rings is 2. The first-order valence-corrected chi connectivity index (χ1v) is 14.0. The maximum absolute atomic E-state index is 13.5. The van der Waals surface area contributed by atoms with Crippen LogP contribution < -0.4 is 21.3 Å². The molecule has 42 heavy (non-hydrogen) atoms. The van der Waals surface area contributed by atoms with Crippen molar-refractivity contribution in [2.24, 2.45) is 5.92 Å². The van der Waals surface area contributed by atoms with Crippen LogP contribution in [-0.2, 0) is 4.74 Å². The van der Waals surface area contributed by atoms with E-state index in [9.17, 15) is 14.4 Å². The van der Waals surface area contributed by atoms with Gasteiger partial charge in [0.2, 0.25) is 0 Å². The van der Waals surface area contributed by atoms with E-state index in [4.69, 9.17) is 4.74 Å². The van der Waals surface area contributed by atoms with Crippen molar-refractivity contribution in [1.29, 1.82) is 0 Å². The van der Waals surface area contributed by atoms with Gasteiger partial charge in [0.1, 0.15) is 11.2 Å². The summed E-state index contributed by atoms with van der Waals surface area (Å²) in [6, 6.07) is 15.4. The highest BCUT2D eigenvalue weighted by Gasteiger charge is 2.31. The zero-order valence-corrected chi connectivity index (χ0v) is 23.9. The number of anilines is 2. The predicted molar refractivity (Wildman–Crippen MR) is 159 cm³/mol. The fourth-order valence-corrected chi connectivity index (χ4v) is 5.04. The Hall–Kier alpha value is -4.77. The first kappa shape index (κ1) is 28.7. The molecule has 1 unspecified atom stereocenters. The van der Waals surface area contributed by atoms with Gasteiger partial charge in [0.05, 0.1) is 12.2 Å². The quantitative estimate of drug-likeness (QED) is 0.251. The van der Waals surface area contributed by atoms with Gasteiger partial charge in [-0.25, -0.2) is 14.3 Å². The van der Waals surface area contributed by atoms with Gasteiger partial charge in [0.25, 0.3) is 11.8 Å². The number of alkyl carbamates (subject to hydrolysis) is 1. The van der Waals surface area contributed by atoms with Crippen LogP contribution in [-0.4, -0.2) is 51.2 Å². The van der Waals surface area contributed by atoms with Crippen LogP contribution in [0.15, 0.2) is 73.2 Å². The molecule has 1 aliphatic rings. The van der Waals surface area contributed by atoms with E-state index in [1.807, 2.05) is 18.2 Å². The summed E-state index contributed by atoms with van der Waals surface area (Å²) < 4.78 is 7.14. The number of aromatic nitrogens is 3. The molecule has 3 heterocycles. The van der Waals surface area contributed by atoms with Gasteiger partial charge in [-0.2, -0.15) is 5.10 Å². The Kier molecular flexibility index (Phi) is 8.48. The van der Waals surface area contributed by atoms with Crippen LogP contribution in [0.25, 0.3) is 5.65 Å². The van der Waals surface area contributed by atoms with E-state index in [1.165, 1.54) is 10.7 Å². The van der Waals surface area contributed by atoms with Crippen LogP contribution in [0.2, 0.25) is 0 Å². The summed E-state index contributed by atoms with van der Waals surface area (Å²) in [5.41, 5.74) is 2.12. The molecule has 2 aromatic heterocycles. The zero-order chi connectivity index (χ0) is 29.7. The van der Waals surface area contributed by atoms with Gasteiger partial charge in [-0.15, -0.1) is 0 Å². The van der Waals surface area contributed by atoms with Crippen LogP contribution >= 0.6 is 0 Å². The molecule has 0 radical (unpaired) electrons. The van der Waals surface area contributed by atoms with Crippen molar-refractivity contribution in [3.05, 3.63) is 89.9 Å². The second kappa shape index (κ2) is 12.4. The van der Waals surface area contributed by atoms with Crippen molar-refractivity contribution < 1.29 is 19.1 Å². The summed E-state index contributed by atoms with van der Waals surface area (Å²) >= 11 is 0. The normalized spacial score (nSPS) is 14.6. The van der Waals surface area contributed by atoms with Crippen LogP contribution in [0.1, 0.15) is 65.9 Å². The van der Waals surface area contributed by atoms with Crippen molar-refractivity contribution in [3.63, 3.8) is 0 Å². The highest BCUT2D eigenvalue weighted by molar-refractivity contribution is 6.09. The molecule has 5 rings (SSSR count). The molecule has 1 saturated heterocycles. The monoisotopic (exact) mass is 569 g/mol. The standard InChI is InChI=1S/C31H35N7O4/c1-31(2,3)42-30(41)37-26(20-12-15-32-16-13-20)23-18-21(28(39)35-22-8-5-4-6-9-22)10-11-25(23)36-29(40)24-19-34-38-17-7-14-33-27(24)38/h4-11,14,17-20,26,32H,12-13,15-16H2,1-3H3,(H,35,39)(H,36,40)(H,37,41). The van der Waals surface area contributed by atoms with E-state index < -0.39 is 23.6 Å². The summed E-state index contributed by atoms with van der Waals surface area (Å²) in [5, 5.41) is 16.5. The molecule has 1 aliphatic heterocycles. The summed E-state index contributed by atoms with van der Waals surface area (Å²) in [6.45, 7) is 6.96. The molecular formula is C31H35N7O4. The summed E-state index contributed by atoms with van der Waals surface area (Å²) in [4.78, 5) is 44.2. The number of fused-ring (bicyclic) bond motifs is 1. The van der Waals surface area contributed by atoms with Gasteiger partial charge in [-0.3, -0.25) is 9.59 Å². The van der Waals surface area contributed by atoms with E-state index in [-0.39, 0.29) is 11.8 Å². The van der Waals surface area contributed by atoms with Gasteiger partial charge in [0.15, 0.2) is 5.65 Å². The number of nitrogens with one attached hydrogen (secondary N) is 4. The van der Waals surface area contributed by atoms with Crippen LogP contribution in [0, 0.1) is 5.92 Å². The smallest absolute Gasteiger partial charge is 0.408 e. The molecule has 1 atom stereocenters. The summed E-state index contributed by atoms with van der Waals surface area (Å²) in [5.74, 6) is -0.693. The van der Waals surface area contributed by atoms with E-state index in [0.717, 1.165) is 25.9 Å². The average molecular weight is 570 g/mol. The Labute approximate surface area is 244 Å². The molecule has 1 fully saturated rings. The van der Waals surface area contributed by atoms with Crippen molar-refractivity contribution in [2.45, 2.75) is 45.3 Å². The van der Waals surface area contributed by atoms with Gasteiger partial charge in [0, 0.05) is 29.3 Å². The lowest BCUT2D eigenvalue weighted by molar-refractivity contribution is 0.0477. The molecule has 11 nitrogen and oxygen atoms in total. The fourth-order valence-electron chi connectivity index (χ4n) is 5.04. The third-order valence-corrected chi connectivity index (χ3v) is 6.98. The Balaban J connectivity index is 1.53. The minimum Gasteiger partial charge on any atom is -0.444 e. The minimum absolute atomic E-state index is 0.0282. The van der Waals surface area contributed by atoms with Crippen molar-refractivity contribution >= 4 is 34.9 Å². The number of ether oxygens (including phenoxy) is 1. The number of hydrogen-bond acceptors (Lipinski definition) is 7. The molecule has 3 amide bonds. The lowest BCUT2D eigenvalue weighted by atomic mass is 9.84. The molecule has 0 saturated carbocycles. The Morgan fingerprint density at radius 2 is 1.76 bits per heavy atom. The first-order chi connectivity index (χ1) is 20.2. The van der Waals surface area contributed by atoms with Crippen LogP contribution in [0.3, 0.4) is 0 Å². The van der Waals surface area contributed by atoms with Gasteiger partial charge < -0.3 is 26.0 Å².